The van der Waals surface area contributed by atoms with Crippen molar-refractivity contribution in [1.29, 1.82) is 0 Å². The van der Waals surface area contributed by atoms with Crippen LogP contribution in [0, 0.1) is 23.7 Å². The molecule has 0 radical (unpaired) electrons. The molecule has 2 saturated carbocycles. The maximum absolute atomic E-state index is 13.9. The summed E-state index contributed by atoms with van der Waals surface area (Å²) in [6.07, 6.45) is 22.3. The lowest BCUT2D eigenvalue weighted by atomic mass is 9.82. The molecule has 1 heterocycles. The molecule has 0 saturated heterocycles. The number of hydrogen-bond donors (Lipinski definition) is 0. The number of para-hydroxylation sites is 1. The van der Waals surface area contributed by atoms with Gasteiger partial charge in [-0.1, -0.05) is 111 Å². The first-order chi connectivity index (χ1) is 50.1. The van der Waals surface area contributed by atoms with Crippen molar-refractivity contribution < 1.29 is 76.7 Å². The fourth-order valence-electron chi connectivity index (χ4n) is 12.9. The third-order valence-corrected chi connectivity index (χ3v) is 19.7. The fourth-order valence-corrected chi connectivity index (χ4v) is 13.8. The molecule has 0 bridgehead atoms. The van der Waals surface area contributed by atoms with Crippen molar-refractivity contribution in [3.63, 3.8) is 0 Å². The Balaban J connectivity index is 0.697. The van der Waals surface area contributed by atoms with Crippen molar-refractivity contribution in [1.82, 2.24) is 4.98 Å². The number of rotatable bonds is 43. The van der Waals surface area contributed by atoms with Gasteiger partial charge in [0.05, 0.1) is 74.5 Å². The lowest BCUT2D eigenvalue weighted by Gasteiger charge is -2.27. The minimum atomic E-state index is -0.405. The third kappa shape index (κ3) is 23.6. The molecule has 3 aliphatic rings. The lowest BCUT2D eigenvalue weighted by molar-refractivity contribution is -0.218. The highest BCUT2D eigenvalue weighted by molar-refractivity contribution is 7.22. The number of aromatic nitrogens is 1. The van der Waals surface area contributed by atoms with E-state index in [0.29, 0.717) is 113 Å². The van der Waals surface area contributed by atoms with E-state index in [1.54, 1.807) is 72.1 Å². The minimum Gasteiger partial charge on any atom is -0.494 e. The van der Waals surface area contributed by atoms with Crippen molar-refractivity contribution in [3.05, 3.63) is 182 Å². The van der Waals surface area contributed by atoms with E-state index in [1.165, 1.54) is 12.2 Å². The zero-order valence-electron chi connectivity index (χ0n) is 58.3. The van der Waals surface area contributed by atoms with E-state index >= 15 is 0 Å². The Morgan fingerprint density at radius 1 is 0.471 bits per heavy atom. The molecule has 0 spiro atoms. The molecule has 1 aromatic heterocycles. The van der Waals surface area contributed by atoms with E-state index in [4.69, 9.17) is 62.8 Å². The summed E-state index contributed by atoms with van der Waals surface area (Å²) in [6, 6.07) is 43.8. The fraction of sp³-hybridized carbons (Fsp3) is 0.427. The molecule has 0 aliphatic heterocycles. The maximum Gasteiger partial charge on any atom is 0.330 e. The molecular formula is C82H95N3O16S. The highest BCUT2D eigenvalue weighted by atomic mass is 32.1. The van der Waals surface area contributed by atoms with Crippen LogP contribution in [-0.4, -0.2) is 93.8 Å². The summed E-state index contributed by atoms with van der Waals surface area (Å²) in [5.41, 5.74) is 5.60. The average Bonchev–Trinajstić information content (AvgIpc) is 1.61. The first kappa shape index (κ1) is 75.3. The Morgan fingerprint density at radius 3 is 1.49 bits per heavy atom. The molecule has 102 heavy (non-hydrogen) atoms. The van der Waals surface area contributed by atoms with Gasteiger partial charge >= 0.3 is 29.8 Å². The van der Waals surface area contributed by atoms with Gasteiger partial charge in [0.2, 0.25) is 5.13 Å². The highest BCUT2D eigenvalue weighted by Crippen LogP contribution is 2.45. The summed E-state index contributed by atoms with van der Waals surface area (Å²) in [5, 5.41) is 7.73. The molecule has 3 aliphatic carbocycles. The van der Waals surface area contributed by atoms with Gasteiger partial charge in [0.25, 0.3) is 0 Å². The number of fused-ring (bicyclic) bond motifs is 4. The van der Waals surface area contributed by atoms with Crippen molar-refractivity contribution >= 4 is 62.7 Å². The van der Waals surface area contributed by atoms with Crippen LogP contribution < -0.4 is 33.7 Å². The largest absolute Gasteiger partial charge is 0.494 e. The van der Waals surface area contributed by atoms with E-state index in [1.807, 2.05) is 71.7 Å². The summed E-state index contributed by atoms with van der Waals surface area (Å²) in [6.45, 7) is 10.4. The molecule has 0 unspecified atom stereocenters. The van der Waals surface area contributed by atoms with Crippen LogP contribution in [-0.2, 0) is 48.0 Å². The Morgan fingerprint density at radius 2 is 0.931 bits per heavy atom. The van der Waals surface area contributed by atoms with Crippen molar-refractivity contribution in [2.24, 2.45) is 28.8 Å². The van der Waals surface area contributed by atoms with Gasteiger partial charge in [-0.2, -0.15) is 14.9 Å². The Bertz CT molecular complexity index is 3760. The molecule has 7 aromatic rings. The second-order valence-corrected chi connectivity index (χ2v) is 27.2. The number of thiazole rings is 1. The van der Waals surface area contributed by atoms with Crippen molar-refractivity contribution in [2.75, 3.05) is 57.8 Å². The van der Waals surface area contributed by atoms with Crippen LogP contribution in [0.1, 0.15) is 164 Å². The van der Waals surface area contributed by atoms with Crippen LogP contribution in [0.4, 0.5) is 5.13 Å². The van der Waals surface area contributed by atoms with Gasteiger partial charge in [-0.05, 0) is 229 Å². The second kappa shape index (κ2) is 40.9. The highest BCUT2D eigenvalue weighted by Gasteiger charge is 2.35. The van der Waals surface area contributed by atoms with Crippen molar-refractivity contribution in [3.8, 4) is 45.6 Å². The van der Waals surface area contributed by atoms with Crippen molar-refractivity contribution in [2.45, 2.75) is 147 Å². The van der Waals surface area contributed by atoms with Crippen LogP contribution in [0.5, 0.6) is 34.5 Å². The number of hydrogen-bond acceptors (Lipinski definition) is 20. The summed E-state index contributed by atoms with van der Waals surface area (Å²) in [4.78, 5) is 91.6. The number of anilines is 1. The Kier molecular flexibility index (Phi) is 30.2. The van der Waals surface area contributed by atoms with E-state index in [-0.39, 0.29) is 41.6 Å². The van der Waals surface area contributed by atoms with Crippen LogP contribution in [0.3, 0.4) is 0 Å². The predicted molar refractivity (Wildman–Crippen MR) is 392 cm³/mol. The van der Waals surface area contributed by atoms with Gasteiger partial charge in [-0.15, -0.1) is 0 Å². The normalized spacial score (nSPS) is 16.3. The van der Waals surface area contributed by atoms with Crippen LogP contribution >= 0.6 is 11.3 Å². The van der Waals surface area contributed by atoms with E-state index in [0.717, 1.165) is 159 Å². The number of carbonyl (C=O) groups excluding carboxylic acids is 5. The smallest absolute Gasteiger partial charge is 0.330 e. The molecule has 19 nitrogen and oxygen atoms in total. The predicted octanol–water partition coefficient (Wildman–Crippen LogP) is 17.6. The van der Waals surface area contributed by atoms with E-state index < -0.39 is 17.9 Å². The number of unbranched alkanes of at least 4 members (excludes halogenated alkanes) is 11. The quantitative estimate of drug-likeness (QED) is 0.00507. The second-order valence-electron chi connectivity index (χ2n) is 26.2. The third-order valence-electron chi connectivity index (χ3n) is 18.7. The van der Waals surface area contributed by atoms with Gasteiger partial charge in [0.1, 0.15) is 28.9 Å². The number of esters is 5. The molecule has 0 N–H and O–H groups in total. The molecule has 0 amide bonds. The monoisotopic (exact) mass is 1410 g/mol. The zero-order chi connectivity index (χ0) is 70.9. The topological polar surface area (TPSA) is 215 Å². The molecule has 20 heteroatoms. The number of carbonyl (C=O) groups is 5. The van der Waals surface area contributed by atoms with Crippen LogP contribution in [0.15, 0.2) is 170 Å². The number of benzene rings is 6. The Labute approximate surface area is 602 Å². The number of nitrogens with zero attached hydrogens (tertiary/aromatic N) is 3. The molecule has 2 fully saturated rings. The molecular weight excluding hydrogens is 1310 g/mol. The van der Waals surface area contributed by atoms with Gasteiger partial charge in [-0.3, -0.25) is 14.4 Å². The molecule has 540 valence electrons. The van der Waals surface area contributed by atoms with Crippen LogP contribution in [0.25, 0.3) is 21.3 Å². The zero-order valence-corrected chi connectivity index (χ0v) is 59.1. The number of ether oxygens (including phenoxy) is 7. The summed E-state index contributed by atoms with van der Waals surface area (Å²) >= 11 is 1.56. The van der Waals surface area contributed by atoms with Gasteiger partial charge < -0.3 is 42.9 Å². The number of hydrazone groups is 1. The minimum absolute atomic E-state index is 0.138. The summed E-state index contributed by atoms with van der Waals surface area (Å²) in [5.74, 6) is 1.02. The van der Waals surface area contributed by atoms with Gasteiger partial charge in [0, 0.05) is 24.3 Å². The van der Waals surface area contributed by atoms with E-state index in [9.17, 15) is 24.0 Å². The van der Waals surface area contributed by atoms with E-state index in [2.05, 4.69) is 31.4 Å². The first-order valence-corrected chi connectivity index (χ1v) is 37.1. The molecule has 0 atom stereocenters. The molecule has 10 rings (SSSR count). The maximum atomic E-state index is 13.9. The summed E-state index contributed by atoms with van der Waals surface area (Å²) < 4.78 is 40.7. The van der Waals surface area contributed by atoms with Gasteiger partial charge in [-0.25, -0.2) is 19.6 Å². The SMILES string of the molecule is C=CC(=O)OCCCCCCOc1ccc(OOCC2CCC(C(=O)Oc3ccc(OOCC4CCC(C(=O)Oc5ccc(OCCCCCCOC(=O)C=C)cc5)CC4)c(/C=N/N(CCCCCCCCOC(=O)C4c5ccccc5-c5ccccc54)c4nc5ccccc5s4)c3)CC2)cc1. The first-order valence-electron chi connectivity index (χ1n) is 36.3. The molecule has 6 aromatic carbocycles. The average molecular weight is 1410 g/mol. The summed E-state index contributed by atoms with van der Waals surface area (Å²) in [7, 11) is 0. The standard InChI is InChI=1S/C82H95N3O16S/c1-3-76(86)93-52-22-11-9-20-50-91-64-39-43-66(44-40-64)98-79(88)61-35-33-60(34-36-61)58-97-101-74-48-47-68(99-80(89)62-37-31-59(32-38-62)57-96-100-67-45-41-65(42-46-67)92-51-21-10-12-23-53-94-77(87)4-2)55-63(74)56-83-85(82-84-73-29-17-18-30-75(73)102-82)49-19-7-5-6-8-24-54-95-81(90)78-71-27-15-13-25-69(71)70-26-14-16-28-72(70)78/h3-4,13-18,25-30,39-48,55-56,59-62,78H,1-2,5-12,19-24,31-38,49-54,57-58H2/b83-56+. The Hall–Kier alpha value is -9.37. The van der Waals surface area contributed by atoms with Crippen LogP contribution in [0.2, 0.25) is 0 Å². The van der Waals surface area contributed by atoms with Gasteiger partial charge in [0.15, 0.2) is 11.5 Å². The lowest BCUT2D eigenvalue weighted by Crippen LogP contribution is -2.27.